The predicted octanol–water partition coefficient (Wildman–Crippen LogP) is 3.89. The van der Waals surface area contributed by atoms with Crippen LogP contribution in [0.5, 0.6) is 0 Å². The summed E-state index contributed by atoms with van der Waals surface area (Å²) in [6.45, 7) is 4.80. The maximum atomic E-state index is 12.0. The number of halogens is 2. The molecule has 106 valence electrons. The monoisotopic (exact) mass is 394 g/mol. The van der Waals surface area contributed by atoms with Crippen LogP contribution in [0, 0.1) is 15.4 Å². The minimum atomic E-state index is -0.0285. The molecule has 0 aliphatic carbocycles. The van der Waals surface area contributed by atoms with Crippen LogP contribution in [-0.2, 0) is 4.79 Å². The molecule has 3 nitrogen and oxygen atoms in total. The summed E-state index contributed by atoms with van der Waals surface area (Å²) in [5.74, 6) is 0.741. The highest BCUT2D eigenvalue weighted by molar-refractivity contribution is 14.1. The quantitative estimate of drug-likeness (QED) is 0.719. The summed E-state index contributed by atoms with van der Waals surface area (Å²) in [4.78, 5) is 12.0. The Kier molecular flexibility index (Phi) is 7.10. The summed E-state index contributed by atoms with van der Waals surface area (Å²) in [7, 11) is 0. The molecule has 0 aliphatic rings. The lowest BCUT2D eigenvalue weighted by Gasteiger charge is -2.17. The molecule has 1 rings (SSSR count). The molecule has 0 unspecified atom stereocenters. The first kappa shape index (κ1) is 16.7. The van der Waals surface area contributed by atoms with Crippen LogP contribution >= 0.6 is 34.2 Å². The van der Waals surface area contributed by atoms with Crippen molar-refractivity contribution in [3.05, 3.63) is 26.8 Å². The third kappa shape index (κ3) is 6.10. The van der Waals surface area contributed by atoms with E-state index in [1.165, 1.54) is 0 Å². The van der Waals surface area contributed by atoms with Gasteiger partial charge in [-0.15, -0.1) is 0 Å². The SMILES string of the molecule is CC(C)C[C@H](CN)CC(=O)Nc1ccc(I)cc1Cl. The first-order chi connectivity index (χ1) is 8.92. The number of nitrogens with two attached hydrogens (primary N) is 1. The van der Waals surface area contributed by atoms with Gasteiger partial charge in [0.1, 0.15) is 0 Å². The van der Waals surface area contributed by atoms with Gasteiger partial charge < -0.3 is 11.1 Å². The van der Waals surface area contributed by atoms with E-state index < -0.39 is 0 Å². The first-order valence-electron chi connectivity index (χ1n) is 6.37. The number of benzene rings is 1. The Hall–Kier alpha value is -0.330. The fourth-order valence-corrected chi connectivity index (χ4v) is 2.89. The molecular formula is C14H20ClIN2O. The van der Waals surface area contributed by atoms with Crippen molar-refractivity contribution < 1.29 is 4.79 Å². The van der Waals surface area contributed by atoms with Gasteiger partial charge in [-0.1, -0.05) is 25.4 Å². The third-order valence-electron chi connectivity index (χ3n) is 2.82. The fraction of sp³-hybridized carbons (Fsp3) is 0.500. The van der Waals surface area contributed by atoms with Crippen molar-refractivity contribution in [2.75, 3.05) is 11.9 Å². The normalized spacial score (nSPS) is 12.5. The molecule has 0 saturated heterocycles. The molecule has 0 aromatic heterocycles. The smallest absolute Gasteiger partial charge is 0.224 e. The molecular weight excluding hydrogens is 375 g/mol. The van der Waals surface area contributed by atoms with Gasteiger partial charge in [-0.2, -0.15) is 0 Å². The molecule has 1 aromatic rings. The van der Waals surface area contributed by atoms with Crippen LogP contribution in [0.15, 0.2) is 18.2 Å². The van der Waals surface area contributed by atoms with Crippen molar-refractivity contribution in [2.24, 2.45) is 17.6 Å². The van der Waals surface area contributed by atoms with Crippen molar-refractivity contribution in [3.8, 4) is 0 Å². The number of amides is 1. The lowest BCUT2D eigenvalue weighted by atomic mass is 9.94. The second kappa shape index (κ2) is 8.07. The summed E-state index contributed by atoms with van der Waals surface area (Å²) in [5, 5.41) is 3.41. The van der Waals surface area contributed by atoms with Crippen molar-refractivity contribution in [1.29, 1.82) is 0 Å². The summed E-state index contributed by atoms with van der Waals surface area (Å²) in [6.07, 6.45) is 1.40. The number of hydrogen-bond donors (Lipinski definition) is 2. The van der Waals surface area contributed by atoms with Gasteiger partial charge in [0.2, 0.25) is 5.91 Å². The Bertz CT molecular complexity index is 437. The van der Waals surface area contributed by atoms with Crippen molar-refractivity contribution >= 4 is 45.8 Å². The molecule has 1 amide bonds. The van der Waals surface area contributed by atoms with E-state index in [1.807, 2.05) is 18.2 Å². The number of rotatable bonds is 6. The largest absolute Gasteiger partial charge is 0.330 e. The molecule has 0 radical (unpaired) electrons. The maximum absolute atomic E-state index is 12.0. The average molecular weight is 395 g/mol. The first-order valence-corrected chi connectivity index (χ1v) is 7.83. The second-order valence-corrected chi connectivity index (χ2v) is 6.76. The van der Waals surface area contributed by atoms with Gasteiger partial charge in [-0.25, -0.2) is 0 Å². The van der Waals surface area contributed by atoms with E-state index in [9.17, 15) is 4.79 Å². The Morgan fingerprint density at radius 2 is 2.16 bits per heavy atom. The van der Waals surface area contributed by atoms with Crippen LogP contribution in [0.4, 0.5) is 5.69 Å². The topological polar surface area (TPSA) is 55.1 Å². The molecule has 3 N–H and O–H groups in total. The van der Waals surface area contributed by atoms with E-state index in [4.69, 9.17) is 17.3 Å². The molecule has 1 aromatic carbocycles. The van der Waals surface area contributed by atoms with Gasteiger partial charge >= 0.3 is 0 Å². The van der Waals surface area contributed by atoms with Crippen LogP contribution in [0.25, 0.3) is 0 Å². The number of nitrogens with one attached hydrogen (secondary N) is 1. The Labute approximate surface area is 133 Å². The lowest BCUT2D eigenvalue weighted by molar-refractivity contribution is -0.117. The van der Waals surface area contributed by atoms with Crippen LogP contribution in [0.2, 0.25) is 5.02 Å². The highest BCUT2D eigenvalue weighted by atomic mass is 127. The minimum Gasteiger partial charge on any atom is -0.330 e. The van der Waals surface area contributed by atoms with Crippen molar-refractivity contribution in [1.82, 2.24) is 0 Å². The highest BCUT2D eigenvalue weighted by Gasteiger charge is 2.15. The van der Waals surface area contributed by atoms with Gasteiger partial charge in [0.15, 0.2) is 0 Å². The van der Waals surface area contributed by atoms with E-state index >= 15 is 0 Å². The average Bonchev–Trinajstić information content (AvgIpc) is 2.31. The second-order valence-electron chi connectivity index (χ2n) is 5.11. The Balaban J connectivity index is 2.59. The van der Waals surface area contributed by atoms with Gasteiger partial charge in [-0.3, -0.25) is 4.79 Å². The summed E-state index contributed by atoms with van der Waals surface area (Å²) in [6, 6.07) is 5.56. The minimum absolute atomic E-state index is 0.0285. The summed E-state index contributed by atoms with van der Waals surface area (Å²) < 4.78 is 1.04. The van der Waals surface area contributed by atoms with E-state index in [2.05, 4.69) is 41.8 Å². The zero-order chi connectivity index (χ0) is 14.4. The maximum Gasteiger partial charge on any atom is 0.224 e. The molecule has 19 heavy (non-hydrogen) atoms. The highest BCUT2D eigenvalue weighted by Crippen LogP contribution is 2.24. The zero-order valence-corrected chi connectivity index (χ0v) is 14.2. The molecule has 0 heterocycles. The van der Waals surface area contributed by atoms with Gasteiger partial charge in [0, 0.05) is 9.99 Å². The van der Waals surface area contributed by atoms with Gasteiger partial charge in [0.05, 0.1) is 10.7 Å². The Morgan fingerprint density at radius 3 is 2.68 bits per heavy atom. The van der Waals surface area contributed by atoms with E-state index in [1.54, 1.807) is 0 Å². The standard InChI is InChI=1S/C14H20ClIN2O/c1-9(2)5-10(8-17)6-14(19)18-13-4-3-11(16)7-12(13)15/h3-4,7,9-10H,5-6,8,17H2,1-2H3,(H,18,19)/t10-/m0/s1. The van der Waals surface area contributed by atoms with Gasteiger partial charge in [0.25, 0.3) is 0 Å². The lowest BCUT2D eigenvalue weighted by Crippen LogP contribution is -2.23. The molecule has 1 atom stereocenters. The zero-order valence-electron chi connectivity index (χ0n) is 11.2. The Morgan fingerprint density at radius 1 is 1.47 bits per heavy atom. The van der Waals surface area contributed by atoms with Crippen molar-refractivity contribution in [3.63, 3.8) is 0 Å². The molecule has 0 spiro atoms. The third-order valence-corrected chi connectivity index (χ3v) is 3.80. The van der Waals surface area contributed by atoms with Gasteiger partial charge in [-0.05, 0) is 65.6 Å². The summed E-state index contributed by atoms with van der Waals surface area (Å²) >= 11 is 8.27. The van der Waals surface area contributed by atoms with Crippen LogP contribution in [0.1, 0.15) is 26.7 Å². The summed E-state index contributed by atoms with van der Waals surface area (Å²) in [5.41, 5.74) is 6.37. The van der Waals surface area contributed by atoms with Crippen LogP contribution in [-0.4, -0.2) is 12.5 Å². The van der Waals surface area contributed by atoms with Crippen LogP contribution in [0.3, 0.4) is 0 Å². The number of anilines is 1. The molecule has 0 aliphatic heterocycles. The molecule has 5 heteroatoms. The van der Waals surface area contributed by atoms with E-state index in [0.29, 0.717) is 29.6 Å². The molecule has 0 bridgehead atoms. The van der Waals surface area contributed by atoms with E-state index in [0.717, 1.165) is 9.99 Å². The molecule has 0 fully saturated rings. The van der Waals surface area contributed by atoms with Crippen molar-refractivity contribution in [2.45, 2.75) is 26.7 Å². The number of hydrogen-bond acceptors (Lipinski definition) is 2. The van der Waals surface area contributed by atoms with E-state index in [-0.39, 0.29) is 11.8 Å². The fourth-order valence-electron chi connectivity index (χ4n) is 1.98. The molecule has 0 saturated carbocycles. The number of carbonyl (C=O) groups is 1. The number of carbonyl (C=O) groups excluding carboxylic acids is 1. The predicted molar refractivity (Wildman–Crippen MR) is 89.4 cm³/mol. The van der Waals surface area contributed by atoms with Crippen LogP contribution < -0.4 is 11.1 Å².